The predicted molar refractivity (Wildman–Crippen MR) is 102 cm³/mol. The third kappa shape index (κ3) is 3.16. The highest BCUT2D eigenvalue weighted by Crippen LogP contribution is 2.43. The van der Waals surface area contributed by atoms with Crippen molar-refractivity contribution in [1.82, 2.24) is 15.2 Å². The first-order valence-corrected chi connectivity index (χ1v) is 9.56. The number of thioether (sulfide) groups is 1. The minimum Gasteiger partial charge on any atom is -0.460 e. The number of benzene rings is 1. The number of anilines is 1. The molecule has 0 saturated heterocycles. The molecule has 8 heteroatoms. The Hall–Kier alpha value is -2.87. The van der Waals surface area contributed by atoms with Gasteiger partial charge in [0.25, 0.3) is 0 Å². The Labute approximate surface area is 160 Å². The summed E-state index contributed by atoms with van der Waals surface area (Å²) in [7, 11) is 0. The van der Waals surface area contributed by atoms with Crippen molar-refractivity contribution in [1.29, 1.82) is 0 Å². The van der Waals surface area contributed by atoms with Crippen molar-refractivity contribution in [3.05, 3.63) is 47.9 Å². The maximum atomic E-state index is 12.6. The smallest absolute Gasteiger partial charge is 0.247 e. The lowest BCUT2D eigenvalue weighted by Crippen LogP contribution is -2.35. The summed E-state index contributed by atoms with van der Waals surface area (Å²) in [4.78, 5) is 18.7. The summed E-state index contributed by atoms with van der Waals surface area (Å²) < 4.78 is 12.0. The van der Waals surface area contributed by atoms with E-state index >= 15 is 0 Å². The molecule has 4 rings (SSSR count). The van der Waals surface area contributed by atoms with E-state index in [1.807, 2.05) is 44.2 Å². The van der Waals surface area contributed by atoms with Gasteiger partial charge in [0.15, 0.2) is 11.5 Å². The number of para-hydroxylation sites is 1. The number of hydrogen-bond donors (Lipinski definition) is 0. The molecule has 7 nitrogen and oxygen atoms in total. The molecule has 3 heterocycles. The van der Waals surface area contributed by atoms with Gasteiger partial charge in [-0.25, -0.2) is 0 Å². The van der Waals surface area contributed by atoms with Crippen molar-refractivity contribution in [2.24, 2.45) is 0 Å². The van der Waals surface area contributed by atoms with E-state index in [1.54, 1.807) is 11.0 Å². The van der Waals surface area contributed by atoms with Gasteiger partial charge in [-0.1, -0.05) is 36.9 Å². The molecule has 0 saturated carbocycles. The zero-order chi connectivity index (χ0) is 19.0. The molecule has 1 aliphatic heterocycles. The molecule has 1 amide bonds. The molecule has 0 N–H and O–H groups in total. The number of ether oxygens (including phenoxy) is 1. The van der Waals surface area contributed by atoms with Gasteiger partial charge in [-0.05, 0) is 30.9 Å². The van der Waals surface area contributed by atoms with Crippen LogP contribution in [0.1, 0.15) is 31.6 Å². The highest BCUT2D eigenvalue weighted by molar-refractivity contribution is 7.99. The number of fused-ring (bicyclic) bond motifs is 3. The maximum absolute atomic E-state index is 12.6. The molecule has 0 bridgehead atoms. The normalized spacial score (nSPS) is 15.5. The van der Waals surface area contributed by atoms with E-state index in [1.165, 1.54) is 18.7 Å². The van der Waals surface area contributed by atoms with Crippen molar-refractivity contribution >= 4 is 23.4 Å². The lowest BCUT2D eigenvalue weighted by molar-refractivity contribution is -0.118. The van der Waals surface area contributed by atoms with Crippen LogP contribution in [0.2, 0.25) is 0 Å². The standard InChI is InChI=1S/C19H18N4O3S/c1-4-27-19-20-17-16(21-22-19)13-7-5-6-8-14(13)23(12(3)24)18(26-17)15-10-9-11(2)25-15/h5-10,18H,4H2,1-3H3/t18-/m1/s1. The molecule has 0 radical (unpaired) electrons. The number of nitrogens with zero attached hydrogens (tertiary/aromatic N) is 4. The summed E-state index contributed by atoms with van der Waals surface area (Å²) in [6.07, 6.45) is -0.783. The fraction of sp³-hybridized carbons (Fsp3) is 0.263. The van der Waals surface area contributed by atoms with E-state index in [0.29, 0.717) is 28.2 Å². The van der Waals surface area contributed by atoms with E-state index in [2.05, 4.69) is 15.2 Å². The van der Waals surface area contributed by atoms with Crippen LogP contribution < -0.4 is 9.64 Å². The molecule has 1 atom stereocenters. The Kier molecular flexibility index (Phi) is 4.57. The minimum atomic E-state index is -0.783. The van der Waals surface area contributed by atoms with E-state index < -0.39 is 6.23 Å². The van der Waals surface area contributed by atoms with Crippen LogP contribution in [-0.4, -0.2) is 26.8 Å². The van der Waals surface area contributed by atoms with E-state index in [4.69, 9.17) is 9.15 Å². The second kappa shape index (κ2) is 7.03. The number of carbonyl (C=O) groups excluding carboxylic acids is 1. The summed E-state index contributed by atoms with van der Waals surface area (Å²) in [5.41, 5.74) is 1.92. The van der Waals surface area contributed by atoms with E-state index in [-0.39, 0.29) is 5.91 Å². The Morgan fingerprint density at radius 3 is 2.74 bits per heavy atom. The first-order valence-electron chi connectivity index (χ1n) is 8.58. The van der Waals surface area contributed by atoms with Gasteiger partial charge in [-0.15, -0.1) is 10.2 Å². The summed E-state index contributed by atoms with van der Waals surface area (Å²) in [5, 5.41) is 9.06. The van der Waals surface area contributed by atoms with Crippen molar-refractivity contribution < 1.29 is 13.9 Å². The van der Waals surface area contributed by atoms with E-state index in [0.717, 1.165) is 17.1 Å². The number of amides is 1. The molecular weight excluding hydrogens is 364 g/mol. The molecule has 1 aliphatic rings. The average Bonchev–Trinajstić information content (AvgIpc) is 3.02. The van der Waals surface area contributed by atoms with Gasteiger partial charge in [0.2, 0.25) is 23.2 Å². The molecule has 1 aromatic carbocycles. The lowest BCUT2D eigenvalue weighted by atomic mass is 10.1. The molecule has 0 fully saturated rings. The van der Waals surface area contributed by atoms with Crippen LogP contribution >= 0.6 is 11.8 Å². The quantitative estimate of drug-likeness (QED) is 0.633. The minimum absolute atomic E-state index is 0.176. The van der Waals surface area contributed by atoms with Crippen LogP contribution in [0.25, 0.3) is 11.3 Å². The predicted octanol–water partition coefficient (Wildman–Crippen LogP) is 4.00. The topological polar surface area (TPSA) is 81.3 Å². The van der Waals surface area contributed by atoms with Gasteiger partial charge in [-0.2, -0.15) is 4.98 Å². The molecule has 27 heavy (non-hydrogen) atoms. The highest BCUT2D eigenvalue weighted by atomic mass is 32.2. The molecule has 3 aromatic rings. The second-order valence-corrected chi connectivity index (χ2v) is 7.24. The van der Waals surface area contributed by atoms with E-state index in [9.17, 15) is 4.79 Å². The highest BCUT2D eigenvalue weighted by Gasteiger charge is 2.36. The number of aromatic nitrogens is 3. The van der Waals surface area contributed by atoms with Crippen LogP contribution in [-0.2, 0) is 4.79 Å². The maximum Gasteiger partial charge on any atom is 0.247 e. The fourth-order valence-corrected chi connectivity index (χ4v) is 3.52. The van der Waals surface area contributed by atoms with Crippen LogP contribution in [0.4, 0.5) is 5.69 Å². The van der Waals surface area contributed by atoms with Crippen molar-refractivity contribution in [2.75, 3.05) is 10.7 Å². The summed E-state index contributed by atoms with van der Waals surface area (Å²) >= 11 is 1.48. The van der Waals surface area contributed by atoms with Gasteiger partial charge >= 0.3 is 0 Å². The Bertz CT molecular complexity index is 1000. The van der Waals surface area contributed by atoms with Crippen molar-refractivity contribution in [2.45, 2.75) is 32.2 Å². The Morgan fingerprint density at radius 2 is 2.04 bits per heavy atom. The summed E-state index contributed by atoms with van der Waals surface area (Å²) in [5.74, 6) is 2.23. The molecule has 0 unspecified atom stereocenters. The zero-order valence-corrected chi connectivity index (χ0v) is 16.0. The van der Waals surface area contributed by atoms with Gasteiger partial charge in [0, 0.05) is 12.5 Å². The number of aryl methyl sites for hydroxylation is 1. The largest absolute Gasteiger partial charge is 0.460 e. The second-order valence-electron chi connectivity index (χ2n) is 6.01. The first kappa shape index (κ1) is 17.5. The van der Waals surface area contributed by atoms with Gasteiger partial charge < -0.3 is 9.15 Å². The molecule has 0 aliphatic carbocycles. The number of furan rings is 1. The molecule has 0 spiro atoms. The van der Waals surface area contributed by atoms with Crippen molar-refractivity contribution in [3.8, 4) is 17.1 Å². The molecule has 2 aromatic heterocycles. The average molecular weight is 382 g/mol. The summed E-state index contributed by atoms with van der Waals surface area (Å²) in [6, 6.07) is 11.1. The third-order valence-electron chi connectivity index (χ3n) is 4.13. The zero-order valence-electron chi connectivity index (χ0n) is 15.2. The van der Waals surface area contributed by atoms with Gasteiger partial charge in [-0.3, -0.25) is 9.69 Å². The summed E-state index contributed by atoms with van der Waals surface area (Å²) in [6.45, 7) is 5.36. The third-order valence-corrected chi connectivity index (χ3v) is 4.85. The number of rotatable bonds is 3. The van der Waals surface area contributed by atoms with Gasteiger partial charge in [0.05, 0.1) is 5.69 Å². The van der Waals surface area contributed by atoms with Crippen LogP contribution in [0.15, 0.2) is 46.0 Å². The van der Waals surface area contributed by atoms with Gasteiger partial charge in [0.1, 0.15) is 5.76 Å². The SMILES string of the molecule is CCSc1nnc2c(n1)O[C@H](c1ccc(C)o1)N(C(C)=O)c1ccccc1-2. The lowest BCUT2D eigenvalue weighted by Gasteiger charge is -2.28. The first-order chi connectivity index (χ1) is 13.1. The number of hydrogen-bond acceptors (Lipinski definition) is 7. The van der Waals surface area contributed by atoms with Crippen molar-refractivity contribution in [3.63, 3.8) is 0 Å². The molecular formula is C19H18N4O3S. The van der Waals surface area contributed by atoms with Crippen LogP contribution in [0.3, 0.4) is 0 Å². The van der Waals surface area contributed by atoms with Crippen LogP contribution in [0.5, 0.6) is 5.88 Å². The Balaban J connectivity index is 1.94. The fourth-order valence-electron chi connectivity index (χ4n) is 3.01. The Morgan fingerprint density at radius 1 is 1.22 bits per heavy atom. The number of carbonyl (C=O) groups is 1. The molecule has 138 valence electrons. The monoisotopic (exact) mass is 382 g/mol. The van der Waals surface area contributed by atoms with Crippen LogP contribution in [0, 0.1) is 6.92 Å².